The van der Waals surface area contributed by atoms with E-state index >= 15 is 0 Å². The van der Waals surface area contributed by atoms with E-state index in [1.54, 1.807) is 18.3 Å². The predicted molar refractivity (Wildman–Crippen MR) is 71.3 cm³/mol. The van der Waals surface area contributed by atoms with E-state index in [0.29, 0.717) is 17.4 Å². The van der Waals surface area contributed by atoms with Crippen LogP contribution in [-0.2, 0) is 0 Å². The van der Waals surface area contributed by atoms with Crippen molar-refractivity contribution in [3.05, 3.63) is 23.9 Å². The van der Waals surface area contributed by atoms with E-state index in [-0.39, 0.29) is 5.91 Å². The monoisotopic (exact) mass is 248 g/mol. The maximum atomic E-state index is 12.2. The summed E-state index contributed by atoms with van der Waals surface area (Å²) in [6.45, 7) is 1.62. The van der Waals surface area contributed by atoms with Gasteiger partial charge in [-0.15, -0.1) is 0 Å². The second-order valence-electron chi connectivity index (χ2n) is 4.96. The largest absolute Gasteiger partial charge is 0.384 e. The summed E-state index contributed by atoms with van der Waals surface area (Å²) in [6, 6.07) is 3.99. The van der Waals surface area contributed by atoms with Crippen LogP contribution in [0.4, 0.5) is 5.82 Å². The van der Waals surface area contributed by atoms with Gasteiger partial charge in [-0.05, 0) is 39.1 Å². The molecule has 0 saturated carbocycles. The van der Waals surface area contributed by atoms with Crippen LogP contribution in [0.1, 0.15) is 23.2 Å². The number of hydrogen-bond donors (Lipinski definition) is 1. The molecule has 1 amide bonds. The number of nitrogens with two attached hydrogens (primary N) is 1. The number of anilines is 1. The van der Waals surface area contributed by atoms with Crippen LogP contribution in [0.3, 0.4) is 0 Å². The number of aromatic nitrogens is 1. The van der Waals surface area contributed by atoms with Gasteiger partial charge in [0.25, 0.3) is 5.91 Å². The van der Waals surface area contributed by atoms with Crippen LogP contribution in [0, 0.1) is 0 Å². The summed E-state index contributed by atoms with van der Waals surface area (Å²) in [5.41, 5.74) is 6.13. The van der Waals surface area contributed by atoms with Crippen LogP contribution in [0.2, 0.25) is 0 Å². The molecule has 5 heteroatoms. The van der Waals surface area contributed by atoms with Gasteiger partial charge in [-0.2, -0.15) is 0 Å². The number of amides is 1. The molecule has 1 saturated heterocycles. The van der Waals surface area contributed by atoms with E-state index in [4.69, 9.17) is 5.73 Å². The SMILES string of the molecule is CN(C)C1CCN(C(=O)c2ccc(N)nc2)CC1. The summed E-state index contributed by atoms with van der Waals surface area (Å²) >= 11 is 0. The third kappa shape index (κ3) is 2.79. The summed E-state index contributed by atoms with van der Waals surface area (Å²) in [5.74, 6) is 0.498. The molecule has 2 rings (SSSR count). The molecule has 0 bridgehead atoms. The summed E-state index contributed by atoms with van der Waals surface area (Å²) < 4.78 is 0. The van der Waals surface area contributed by atoms with Gasteiger partial charge in [0.2, 0.25) is 0 Å². The lowest BCUT2D eigenvalue weighted by molar-refractivity contribution is 0.0663. The lowest BCUT2D eigenvalue weighted by atomic mass is 10.0. The van der Waals surface area contributed by atoms with E-state index < -0.39 is 0 Å². The van der Waals surface area contributed by atoms with Crippen molar-refractivity contribution in [2.24, 2.45) is 0 Å². The second-order valence-corrected chi connectivity index (χ2v) is 4.96. The summed E-state index contributed by atoms with van der Waals surface area (Å²) in [5, 5.41) is 0. The summed E-state index contributed by atoms with van der Waals surface area (Å²) in [4.78, 5) is 20.3. The third-order valence-electron chi connectivity index (χ3n) is 3.52. The van der Waals surface area contributed by atoms with Gasteiger partial charge in [0, 0.05) is 25.3 Å². The van der Waals surface area contributed by atoms with Crippen molar-refractivity contribution in [2.75, 3.05) is 32.9 Å². The molecule has 0 unspecified atom stereocenters. The normalized spacial score (nSPS) is 17.2. The zero-order valence-corrected chi connectivity index (χ0v) is 11.0. The fourth-order valence-electron chi connectivity index (χ4n) is 2.30. The van der Waals surface area contributed by atoms with Gasteiger partial charge in [-0.25, -0.2) is 4.98 Å². The average Bonchev–Trinajstić information content (AvgIpc) is 2.39. The van der Waals surface area contributed by atoms with Crippen molar-refractivity contribution in [3.63, 3.8) is 0 Å². The standard InChI is InChI=1S/C13H20N4O/c1-16(2)11-5-7-17(8-6-11)13(18)10-3-4-12(14)15-9-10/h3-4,9,11H,5-8H2,1-2H3,(H2,14,15). The van der Waals surface area contributed by atoms with E-state index in [2.05, 4.69) is 24.0 Å². The third-order valence-corrected chi connectivity index (χ3v) is 3.52. The Labute approximate surface area is 108 Å². The molecular formula is C13H20N4O. The Morgan fingerprint density at radius 1 is 1.39 bits per heavy atom. The average molecular weight is 248 g/mol. The van der Waals surface area contributed by atoms with Gasteiger partial charge < -0.3 is 15.5 Å². The van der Waals surface area contributed by atoms with Crippen molar-refractivity contribution < 1.29 is 4.79 Å². The second kappa shape index (κ2) is 5.35. The minimum Gasteiger partial charge on any atom is -0.384 e. The van der Waals surface area contributed by atoms with Crippen LogP contribution in [0.25, 0.3) is 0 Å². The Kier molecular flexibility index (Phi) is 3.81. The van der Waals surface area contributed by atoms with Crippen molar-refractivity contribution >= 4 is 11.7 Å². The first-order chi connectivity index (χ1) is 8.58. The number of hydrogen-bond acceptors (Lipinski definition) is 4. The lowest BCUT2D eigenvalue weighted by Gasteiger charge is -2.35. The van der Waals surface area contributed by atoms with Gasteiger partial charge in [0.1, 0.15) is 5.82 Å². The summed E-state index contributed by atoms with van der Waals surface area (Å²) in [7, 11) is 4.18. The number of piperidine rings is 1. The van der Waals surface area contributed by atoms with Crippen molar-refractivity contribution in [1.29, 1.82) is 0 Å². The van der Waals surface area contributed by atoms with Crippen LogP contribution in [0.5, 0.6) is 0 Å². The highest BCUT2D eigenvalue weighted by molar-refractivity contribution is 5.94. The first-order valence-corrected chi connectivity index (χ1v) is 6.25. The maximum absolute atomic E-state index is 12.2. The number of likely N-dealkylation sites (tertiary alicyclic amines) is 1. The number of nitrogens with zero attached hydrogens (tertiary/aromatic N) is 3. The first kappa shape index (κ1) is 12.8. The fraction of sp³-hybridized carbons (Fsp3) is 0.538. The number of nitrogen functional groups attached to an aromatic ring is 1. The van der Waals surface area contributed by atoms with Gasteiger partial charge in [0.15, 0.2) is 0 Å². The molecule has 1 aromatic heterocycles. The molecule has 18 heavy (non-hydrogen) atoms. The zero-order chi connectivity index (χ0) is 13.1. The molecule has 1 aliphatic heterocycles. The lowest BCUT2D eigenvalue weighted by Crippen LogP contribution is -2.44. The molecule has 2 heterocycles. The van der Waals surface area contributed by atoms with Gasteiger partial charge in [0.05, 0.1) is 5.56 Å². The maximum Gasteiger partial charge on any atom is 0.255 e. The van der Waals surface area contributed by atoms with Gasteiger partial charge >= 0.3 is 0 Å². The molecule has 0 aromatic carbocycles. The minimum atomic E-state index is 0.0553. The molecule has 2 N–H and O–H groups in total. The number of rotatable bonds is 2. The molecular weight excluding hydrogens is 228 g/mol. The highest BCUT2D eigenvalue weighted by Gasteiger charge is 2.24. The molecule has 0 radical (unpaired) electrons. The highest BCUT2D eigenvalue weighted by atomic mass is 16.2. The van der Waals surface area contributed by atoms with Crippen LogP contribution in [0.15, 0.2) is 18.3 Å². The van der Waals surface area contributed by atoms with Crippen LogP contribution in [-0.4, -0.2) is 53.9 Å². The van der Waals surface area contributed by atoms with Crippen molar-refractivity contribution in [3.8, 4) is 0 Å². The highest BCUT2D eigenvalue weighted by Crippen LogP contribution is 2.16. The molecule has 0 spiro atoms. The molecule has 0 aliphatic carbocycles. The Hall–Kier alpha value is -1.62. The quantitative estimate of drug-likeness (QED) is 0.842. The first-order valence-electron chi connectivity index (χ1n) is 6.25. The zero-order valence-electron chi connectivity index (χ0n) is 11.0. The number of carbonyl (C=O) groups is 1. The van der Waals surface area contributed by atoms with Crippen molar-refractivity contribution in [2.45, 2.75) is 18.9 Å². The van der Waals surface area contributed by atoms with Gasteiger partial charge in [-0.1, -0.05) is 0 Å². The molecule has 5 nitrogen and oxygen atoms in total. The molecule has 98 valence electrons. The molecule has 1 aliphatic rings. The number of pyridine rings is 1. The smallest absolute Gasteiger partial charge is 0.255 e. The van der Waals surface area contributed by atoms with E-state index in [0.717, 1.165) is 25.9 Å². The number of carbonyl (C=O) groups excluding carboxylic acids is 1. The van der Waals surface area contributed by atoms with E-state index in [1.807, 2.05) is 4.90 Å². The Morgan fingerprint density at radius 2 is 2.06 bits per heavy atom. The molecule has 0 atom stereocenters. The van der Waals surface area contributed by atoms with Crippen LogP contribution >= 0.6 is 0 Å². The Bertz CT molecular complexity index is 408. The topological polar surface area (TPSA) is 62.5 Å². The molecule has 1 fully saturated rings. The fourth-order valence-corrected chi connectivity index (χ4v) is 2.30. The summed E-state index contributed by atoms with van der Waals surface area (Å²) in [6.07, 6.45) is 3.61. The van der Waals surface area contributed by atoms with E-state index in [1.165, 1.54) is 0 Å². The Balaban J connectivity index is 1.97. The van der Waals surface area contributed by atoms with Gasteiger partial charge in [-0.3, -0.25) is 4.79 Å². The predicted octanol–water partition coefficient (Wildman–Crippen LogP) is 0.830. The van der Waals surface area contributed by atoms with Crippen LogP contribution < -0.4 is 5.73 Å². The molecule has 1 aromatic rings. The van der Waals surface area contributed by atoms with Crippen molar-refractivity contribution in [1.82, 2.24) is 14.8 Å². The van der Waals surface area contributed by atoms with E-state index in [9.17, 15) is 4.79 Å². The Morgan fingerprint density at radius 3 is 2.56 bits per heavy atom. The minimum absolute atomic E-state index is 0.0553.